The van der Waals surface area contributed by atoms with Crippen LogP contribution in [0.25, 0.3) is 0 Å². The Labute approximate surface area is 129 Å². The molecule has 118 valence electrons. The number of halogens is 2. The molecule has 2 rings (SSSR count). The summed E-state index contributed by atoms with van der Waals surface area (Å²) in [7, 11) is 0. The van der Waals surface area contributed by atoms with Gasteiger partial charge in [0.1, 0.15) is 6.61 Å². The lowest BCUT2D eigenvalue weighted by molar-refractivity contribution is 0.0909. The molecule has 0 radical (unpaired) electrons. The van der Waals surface area contributed by atoms with Crippen molar-refractivity contribution in [3.63, 3.8) is 0 Å². The molecule has 0 aliphatic heterocycles. The molecule has 1 aromatic rings. The average Bonchev–Trinajstić information content (AvgIpc) is 2.48. The van der Waals surface area contributed by atoms with Crippen molar-refractivity contribution in [1.29, 1.82) is 0 Å². The van der Waals surface area contributed by atoms with Gasteiger partial charge in [-0.15, -0.1) is 6.42 Å². The molecular formula is C17H19F2NO2. The van der Waals surface area contributed by atoms with Crippen LogP contribution in [0.5, 0.6) is 5.75 Å². The predicted molar refractivity (Wildman–Crippen MR) is 79.6 cm³/mol. The molecule has 0 spiro atoms. The first-order chi connectivity index (χ1) is 10.5. The average molecular weight is 307 g/mol. The summed E-state index contributed by atoms with van der Waals surface area (Å²) >= 11 is 0. The number of rotatable bonds is 4. The van der Waals surface area contributed by atoms with E-state index in [0.29, 0.717) is 5.92 Å². The number of carbonyl (C=O) groups excluding carboxylic acids is 1. The Morgan fingerprint density at radius 2 is 2.00 bits per heavy atom. The van der Waals surface area contributed by atoms with Crippen molar-refractivity contribution in [2.75, 3.05) is 6.61 Å². The van der Waals surface area contributed by atoms with Crippen LogP contribution in [0, 0.1) is 29.9 Å². The van der Waals surface area contributed by atoms with Gasteiger partial charge in [0.15, 0.2) is 17.4 Å². The maximum atomic E-state index is 13.8. The van der Waals surface area contributed by atoms with E-state index in [9.17, 15) is 13.6 Å². The first-order valence-electron chi connectivity index (χ1n) is 7.39. The molecule has 1 aliphatic carbocycles. The highest BCUT2D eigenvalue weighted by atomic mass is 19.1. The Bertz CT molecular complexity index is 572. The van der Waals surface area contributed by atoms with Crippen molar-refractivity contribution >= 4 is 5.91 Å². The van der Waals surface area contributed by atoms with Crippen LogP contribution in [0.3, 0.4) is 0 Å². The molecule has 1 fully saturated rings. The third-order valence-electron chi connectivity index (χ3n) is 3.99. The highest BCUT2D eigenvalue weighted by molar-refractivity contribution is 5.94. The monoisotopic (exact) mass is 307 g/mol. The first kappa shape index (κ1) is 16.3. The molecule has 22 heavy (non-hydrogen) atoms. The van der Waals surface area contributed by atoms with Gasteiger partial charge < -0.3 is 10.1 Å². The summed E-state index contributed by atoms with van der Waals surface area (Å²) in [5, 5.41) is 2.86. The molecule has 3 nitrogen and oxygen atoms in total. The summed E-state index contributed by atoms with van der Waals surface area (Å²) in [5.41, 5.74) is -0.0548. The topological polar surface area (TPSA) is 38.3 Å². The lowest BCUT2D eigenvalue weighted by Crippen LogP contribution is -2.41. The van der Waals surface area contributed by atoms with Crippen molar-refractivity contribution in [3.8, 4) is 18.1 Å². The van der Waals surface area contributed by atoms with E-state index < -0.39 is 23.3 Å². The smallest absolute Gasteiger partial charge is 0.251 e. The summed E-state index contributed by atoms with van der Waals surface area (Å²) in [6, 6.07) is 1.99. The number of nitrogens with one attached hydrogen (secondary N) is 1. The number of carbonyl (C=O) groups is 1. The SMILES string of the molecule is C#CCOc1c(F)cc(C(=O)NC2CCCCC2C)cc1F. The van der Waals surface area contributed by atoms with E-state index >= 15 is 0 Å². The Balaban J connectivity index is 2.11. The second-order valence-corrected chi connectivity index (χ2v) is 5.60. The first-order valence-corrected chi connectivity index (χ1v) is 7.39. The molecule has 0 heterocycles. The summed E-state index contributed by atoms with van der Waals surface area (Å²) < 4.78 is 32.5. The molecule has 0 bridgehead atoms. The summed E-state index contributed by atoms with van der Waals surface area (Å²) in [4.78, 5) is 12.2. The van der Waals surface area contributed by atoms with Gasteiger partial charge in [0.25, 0.3) is 5.91 Å². The highest BCUT2D eigenvalue weighted by Crippen LogP contribution is 2.26. The van der Waals surface area contributed by atoms with Gasteiger partial charge in [-0.25, -0.2) is 8.78 Å². The standard InChI is InChI=1S/C17H19F2NO2/c1-3-8-22-16-13(18)9-12(10-14(16)19)17(21)20-15-7-5-4-6-11(15)2/h1,9-11,15H,4-8H2,2H3,(H,20,21). The highest BCUT2D eigenvalue weighted by Gasteiger charge is 2.24. The minimum atomic E-state index is -0.933. The van der Waals surface area contributed by atoms with Gasteiger partial charge in [-0.2, -0.15) is 0 Å². The number of amides is 1. The van der Waals surface area contributed by atoms with E-state index in [0.717, 1.165) is 37.8 Å². The van der Waals surface area contributed by atoms with Crippen molar-refractivity contribution in [1.82, 2.24) is 5.32 Å². The van der Waals surface area contributed by atoms with E-state index in [-0.39, 0.29) is 18.2 Å². The fraction of sp³-hybridized carbons (Fsp3) is 0.471. The van der Waals surface area contributed by atoms with Gasteiger partial charge in [-0.05, 0) is 30.9 Å². The molecular weight excluding hydrogens is 288 g/mol. The molecule has 2 atom stereocenters. The fourth-order valence-corrected chi connectivity index (χ4v) is 2.73. The molecule has 1 N–H and O–H groups in total. The van der Waals surface area contributed by atoms with E-state index in [4.69, 9.17) is 11.2 Å². The summed E-state index contributed by atoms with van der Waals surface area (Å²) in [6.07, 6.45) is 9.13. The van der Waals surface area contributed by atoms with Gasteiger partial charge in [-0.3, -0.25) is 4.79 Å². The molecule has 1 amide bonds. The van der Waals surface area contributed by atoms with Crippen LogP contribution in [0.2, 0.25) is 0 Å². The third-order valence-corrected chi connectivity index (χ3v) is 3.99. The number of ether oxygens (including phenoxy) is 1. The van der Waals surface area contributed by atoms with Gasteiger partial charge in [-0.1, -0.05) is 25.7 Å². The zero-order chi connectivity index (χ0) is 16.1. The zero-order valence-electron chi connectivity index (χ0n) is 12.5. The van der Waals surface area contributed by atoms with Gasteiger partial charge >= 0.3 is 0 Å². The molecule has 1 aliphatic rings. The number of hydrogen-bond donors (Lipinski definition) is 1. The Morgan fingerprint density at radius 1 is 1.36 bits per heavy atom. The van der Waals surface area contributed by atoms with E-state index in [2.05, 4.69) is 18.2 Å². The van der Waals surface area contributed by atoms with E-state index in [1.165, 1.54) is 0 Å². The van der Waals surface area contributed by atoms with Gasteiger partial charge in [0.05, 0.1) is 0 Å². The number of terminal acetylenes is 1. The third kappa shape index (κ3) is 3.76. The molecule has 1 saturated carbocycles. The Hall–Kier alpha value is -2.09. The minimum absolute atomic E-state index is 0.0461. The van der Waals surface area contributed by atoms with Crippen LogP contribution >= 0.6 is 0 Å². The second kappa shape index (κ2) is 7.26. The van der Waals surface area contributed by atoms with Crippen molar-refractivity contribution in [2.24, 2.45) is 5.92 Å². The van der Waals surface area contributed by atoms with Crippen LogP contribution in [-0.2, 0) is 0 Å². The summed E-state index contributed by atoms with van der Waals surface area (Å²) in [6.45, 7) is 1.83. The van der Waals surface area contributed by atoms with Crippen LogP contribution < -0.4 is 10.1 Å². The molecule has 0 saturated heterocycles. The molecule has 2 unspecified atom stereocenters. The van der Waals surface area contributed by atoms with Crippen LogP contribution in [-0.4, -0.2) is 18.6 Å². The van der Waals surface area contributed by atoms with Crippen molar-refractivity contribution < 1.29 is 18.3 Å². The lowest BCUT2D eigenvalue weighted by Gasteiger charge is -2.29. The van der Waals surface area contributed by atoms with Crippen molar-refractivity contribution in [2.45, 2.75) is 38.6 Å². The molecule has 0 aromatic heterocycles. The quantitative estimate of drug-likeness (QED) is 0.867. The predicted octanol–water partition coefficient (Wildman–Crippen LogP) is 3.29. The Morgan fingerprint density at radius 3 is 2.59 bits per heavy atom. The van der Waals surface area contributed by atoms with Crippen molar-refractivity contribution in [3.05, 3.63) is 29.3 Å². The largest absolute Gasteiger partial charge is 0.475 e. The van der Waals surface area contributed by atoms with Gasteiger partial charge in [0.2, 0.25) is 0 Å². The fourth-order valence-electron chi connectivity index (χ4n) is 2.73. The van der Waals surface area contributed by atoms with Crippen LogP contribution in [0.1, 0.15) is 43.0 Å². The van der Waals surface area contributed by atoms with E-state index in [1.807, 2.05) is 0 Å². The maximum Gasteiger partial charge on any atom is 0.251 e. The van der Waals surface area contributed by atoms with E-state index in [1.54, 1.807) is 0 Å². The summed E-state index contributed by atoms with van der Waals surface area (Å²) in [5.74, 6) is -0.395. The normalized spacial score (nSPS) is 21.0. The molecule has 5 heteroatoms. The number of benzene rings is 1. The van der Waals surface area contributed by atoms with Crippen LogP contribution in [0.15, 0.2) is 12.1 Å². The number of hydrogen-bond acceptors (Lipinski definition) is 2. The Kier molecular flexibility index (Phi) is 5.37. The minimum Gasteiger partial charge on any atom is -0.475 e. The van der Waals surface area contributed by atoms with Crippen LogP contribution in [0.4, 0.5) is 8.78 Å². The maximum absolute atomic E-state index is 13.8. The zero-order valence-corrected chi connectivity index (χ0v) is 12.5. The van der Waals surface area contributed by atoms with Gasteiger partial charge in [0, 0.05) is 11.6 Å². The second-order valence-electron chi connectivity index (χ2n) is 5.60. The lowest BCUT2D eigenvalue weighted by atomic mass is 9.86. The molecule has 1 aromatic carbocycles.